The normalized spacial score (nSPS) is 19.8. The van der Waals surface area contributed by atoms with Crippen LogP contribution in [0, 0.1) is 6.92 Å². The summed E-state index contributed by atoms with van der Waals surface area (Å²) in [6, 6.07) is 7.27. The van der Waals surface area contributed by atoms with Gasteiger partial charge in [0.15, 0.2) is 0 Å². The van der Waals surface area contributed by atoms with Gasteiger partial charge in [0.1, 0.15) is 0 Å². The highest BCUT2D eigenvalue weighted by Gasteiger charge is 2.19. The van der Waals surface area contributed by atoms with Crippen molar-refractivity contribution in [2.75, 3.05) is 6.54 Å². The van der Waals surface area contributed by atoms with Crippen LogP contribution in [0.3, 0.4) is 0 Å². The van der Waals surface area contributed by atoms with E-state index in [1.54, 1.807) is 0 Å². The number of nitrogens with zero attached hydrogens (tertiary/aromatic N) is 1. The molecule has 1 fully saturated rings. The van der Waals surface area contributed by atoms with Crippen LogP contribution in [0.25, 0.3) is 10.9 Å². The van der Waals surface area contributed by atoms with E-state index in [1.165, 1.54) is 41.5 Å². The third-order valence-corrected chi connectivity index (χ3v) is 4.69. The van der Waals surface area contributed by atoms with Crippen molar-refractivity contribution in [2.24, 2.45) is 7.05 Å². The summed E-state index contributed by atoms with van der Waals surface area (Å²) < 4.78 is 3.46. The molecule has 0 spiro atoms. The number of fused-ring (bicyclic) bond motifs is 1. The molecule has 1 saturated heterocycles. The standard InChI is InChI=1S/C15H19BrN2/c1-10-14(9-12-4-3-7-17-12)13-6-5-11(16)8-15(13)18(10)2/h5-6,8,12,17H,3-4,7,9H2,1-2H3. The Labute approximate surface area is 116 Å². The molecule has 0 amide bonds. The number of nitrogens with one attached hydrogen (secondary N) is 1. The Morgan fingerprint density at radius 2 is 2.28 bits per heavy atom. The minimum Gasteiger partial charge on any atom is -0.348 e. The van der Waals surface area contributed by atoms with Crippen LogP contribution >= 0.6 is 15.9 Å². The van der Waals surface area contributed by atoms with E-state index in [0.29, 0.717) is 6.04 Å². The molecule has 2 nitrogen and oxygen atoms in total. The van der Waals surface area contributed by atoms with E-state index in [0.717, 1.165) is 10.9 Å². The van der Waals surface area contributed by atoms with Gasteiger partial charge >= 0.3 is 0 Å². The molecule has 0 saturated carbocycles. The van der Waals surface area contributed by atoms with Crippen LogP contribution in [0.1, 0.15) is 24.1 Å². The molecular formula is C15H19BrN2. The molecule has 0 bridgehead atoms. The second-order valence-electron chi connectivity index (χ2n) is 5.28. The highest BCUT2D eigenvalue weighted by Crippen LogP contribution is 2.29. The maximum atomic E-state index is 3.60. The minimum absolute atomic E-state index is 0.665. The van der Waals surface area contributed by atoms with Gasteiger partial charge in [0, 0.05) is 34.2 Å². The summed E-state index contributed by atoms with van der Waals surface area (Å²) in [5, 5.41) is 5.01. The first-order chi connectivity index (χ1) is 8.66. The molecule has 2 aromatic rings. The van der Waals surface area contributed by atoms with Gasteiger partial charge in [-0.3, -0.25) is 0 Å². The van der Waals surface area contributed by atoms with Gasteiger partial charge in [0.25, 0.3) is 0 Å². The van der Waals surface area contributed by atoms with Crippen LogP contribution in [0.5, 0.6) is 0 Å². The van der Waals surface area contributed by atoms with Gasteiger partial charge in [-0.15, -0.1) is 0 Å². The number of rotatable bonds is 2. The average molecular weight is 307 g/mol. The van der Waals surface area contributed by atoms with E-state index >= 15 is 0 Å². The Bertz CT molecular complexity index is 580. The lowest BCUT2D eigenvalue weighted by molar-refractivity contribution is 0.602. The Kier molecular flexibility index (Phi) is 3.20. The molecule has 1 N–H and O–H groups in total. The second-order valence-corrected chi connectivity index (χ2v) is 6.20. The molecule has 0 aliphatic carbocycles. The zero-order valence-corrected chi connectivity index (χ0v) is 12.5. The quantitative estimate of drug-likeness (QED) is 0.898. The molecule has 2 heterocycles. The fourth-order valence-electron chi connectivity index (χ4n) is 3.05. The molecule has 1 aliphatic heterocycles. The molecule has 1 aromatic carbocycles. The number of benzene rings is 1. The van der Waals surface area contributed by atoms with E-state index < -0.39 is 0 Å². The molecule has 1 atom stereocenters. The largest absolute Gasteiger partial charge is 0.348 e. The number of hydrogen-bond acceptors (Lipinski definition) is 1. The number of hydrogen-bond donors (Lipinski definition) is 1. The van der Waals surface area contributed by atoms with Gasteiger partial charge in [-0.05, 0) is 50.4 Å². The van der Waals surface area contributed by atoms with E-state index in [1.807, 2.05) is 0 Å². The third-order valence-electron chi connectivity index (χ3n) is 4.20. The monoisotopic (exact) mass is 306 g/mol. The summed E-state index contributed by atoms with van der Waals surface area (Å²) in [6.45, 7) is 3.41. The van der Waals surface area contributed by atoms with Crippen LogP contribution in [0.4, 0.5) is 0 Å². The van der Waals surface area contributed by atoms with Crippen molar-refractivity contribution in [3.63, 3.8) is 0 Å². The Hall–Kier alpha value is -0.800. The highest BCUT2D eigenvalue weighted by atomic mass is 79.9. The SMILES string of the molecule is Cc1c(CC2CCCN2)c2ccc(Br)cc2n1C. The van der Waals surface area contributed by atoms with E-state index in [2.05, 4.69) is 58.0 Å². The van der Waals surface area contributed by atoms with Gasteiger partial charge in [-0.2, -0.15) is 0 Å². The predicted molar refractivity (Wildman–Crippen MR) is 80.1 cm³/mol. The molecule has 0 radical (unpaired) electrons. The molecule has 3 heteroatoms. The topological polar surface area (TPSA) is 17.0 Å². The van der Waals surface area contributed by atoms with Crippen molar-refractivity contribution in [1.82, 2.24) is 9.88 Å². The van der Waals surface area contributed by atoms with Crippen LogP contribution in [0.15, 0.2) is 22.7 Å². The highest BCUT2D eigenvalue weighted by molar-refractivity contribution is 9.10. The first kappa shape index (κ1) is 12.2. The van der Waals surface area contributed by atoms with Crippen molar-refractivity contribution < 1.29 is 0 Å². The summed E-state index contributed by atoms with van der Waals surface area (Å²) in [5.74, 6) is 0. The molecular weight excluding hydrogens is 288 g/mol. The zero-order valence-electron chi connectivity index (χ0n) is 11.0. The van der Waals surface area contributed by atoms with Gasteiger partial charge in [0.2, 0.25) is 0 Å². The smallest absolute Gasteiger partial charge is 0.0494 e. The Morgan fingerprint density at radius 3 is 3.00 bits per heavy atom. The summed E-state index contributed by atoms with van der Waals surface area (Å²) in [6.07, 6.45) is 3.79. The van der Waals surface area contributed by atoms with Crippen molar-refractivity contribution in [3.05, 3.63) is 33.9 Å². The van der Waals surface area contributed by atoms with E-state index in [4.69, 9.17) is 0 Å². The van der Waals surface area contributed by atoms with Crippen molar-refractivity contribution in [1.29, 1.82) is 0 Å². The summed E-state index contributed by atoms with van der Waals surface area (Å²) >= 11 is 3.56. The van der Waals surface area contributed by atoms with Gasteiger partial charge in [0.05, 0.1) is 0 Å². The maximum Gasteiger partial charge on any atom is 0.0494 e. The lowest BCUT2D eigenvalue weighted by atomic mass is 10.0. The zero-order chi connectivity index (χ0) is 12.7. The number of aryl methyl sites for hydroxylation is 1. The van der Waals surface area contributed by atoms with Crippen molar-refractivity contribution in [3.8, 4) is 0 Å². The van der Waals surface area contributed by atoms with Gasteiger partial charge in [-0.1, -0.05) is 22.0 Å². The summed E-state index contributed by atoms with van der Waals surface area (Å²) in [5.41, 5.74) is 4.24. The maximum absolute atomic E-state index is 3.60. The van der Waals surface area contributed by atoms with E-state index in [-0.39, 0.29) is 0 Å². The Balaban J connectivity index is 2.07. The molecule has 1 aromatic heterocycles. The first-order valence-corrected chi connectivity index (χ1v) is 7.43. The lowest BCUT2D eigenvalue weighted by Gasteiger charge is -2.10. The molecule has 1 unspecified atom stereocenters. The fraction of sp³-hybridized carbons (Fsp3) is 0.467. The average Bonchev–Trinajstić information content (AvgIpc) is 2.94. The summed E-state index contributed by atoms with van der Waals surface area (Å²) in [4.78, 5) is 0. The number of halogens is 1. The molecule has 3 rings (SSSR count). The molecule has 18 heavy (non-hydrogen) atoms. The van der Waals surface area contributed by atoms with E-state index in [9.17, 15) is 0 Å². The lowest BCUT2D eigenvalue weighted by Crippen LogP contribution is -2.23. The predicted octanol–water partition coefficient (Wildman–Crippen LogP) is 3.54. The Morgan fingerprint density at radius 1 is 1.44 bits per heavy atom. The van der Waals surface area contributed by atoms with Crippen molar-refractivity contribution >= 4 is 26.8 Å². The number of aromatic nitrogens is 1. The molecule has 96 valence electrons. The fourth-order valence-corrected chi connectivity index (χ4v) is 3.40. The first-order valence-electron chi connectivity index (χ1n) is 6.63. The third kappa shape index (κ3) is 1.99. The molecule has 1 aliphatic rings. The van der Waals surface area contributed by atoms with Gasteiger partial charge in [-0.25, -0.2) is 0 Å². The van der Waals surface area contributed by atoms with Crippen LogP contribution < -0.4 is 5.32 Å². The minimum atomic E-state index is 0.665. The van der Waals surface area contributed by atoms with Gasteiger partial charge < -0.3 is 9.88 Å². The summed E-state index contributed by atoms with van der Waals surface area (Å²) in [7, 11) is 2.16. The van der Waals surface area contributed by atoms with Crippen LogP contribution in [-0.4, -0.2) is 17.2 Å². The van der Waals surface area contributed by atoms with Crippen LogP contribution in [-0.2, 0) is 13.5 Å². The van der Waals surface area contributed by atoms with Crippen molar-refractivity contribution in [2.45, 2.75) is 32.2 Å². The second kappa shape index (κ2) is 4.71. The van der Waals surface area contributed by atoms with Crippen LogP contribution in [0.2, 0.25) is 0 Å².